The molecule has 0 bridgehead atoms. The summed E-state index contributed by atoms with van der Waals surface area (Å²) in [4.78, 5) is 29.1. The van der Waals surface area contributed by atoms with E-state index in [2.05, 4.69) is 0 Å². The fraction of sp³-hybridized carbons (Fsp3) is 0.600. The first-order valence-corrected chi connectivity index (χ1v) is 5.13. The lowest BCUT2D eigenvalue weighted by molar-refractivity contribution is -0.139. The van der Waals surface area contributed by atoms with Crippen molar-refractivity contribution in [1.29, 1.82) is 0 Å². The van der Waals surface area contributed by atoms with Crippen molar-refractivity contribution >= 4 is 19.1 Å². The summed E-state index contributed by atoms with van der Waals surface area (Å²) in [6, 6.07) is 0. The highest BCUT2D eigenvalue weighted by Crippen LogP contribution is 2.34. The minimum Gasteiger partial charge on any atom is -0.481 e. The average Bonchev–Trinajstić information content (AvgIpc) is 1.53. The van der Waals surface area contributed by atoms with Gasteiger partial charge in [0, 0.05) is 6.66 Å². The average molecular weight is 180 g/mol. The highest BCUT2D eigenvalue weighted by molar-refractivity contribution is 7.58. The molecule has 0 amide bonds. The van der Waals surface area contributed by atoms with E-state index in [1.54, 1.807) is 0 Å². The number of ketones is 1. The van der Waals surface area contributed by atoms with Crippen LogP contribution in [0.4, 0.5) is 0 Å². The second-order valence-electron chi connectivity index (χ2n) is 2.32. The molecule has 0 spiro atoms. The van der Waals surface area contributed by atoms with Crippen molar-refractivity contribution in [1.82, 2.24) is 0 Å². The Morgan fingerprint density at radius 2 is 1.91 bits per heavy atom. The third-order valence-corrected chi connectivity index (χ3v) is 1.76. The second kappa shape index (κ2) is 3.64. The number of hydrogen-bond acceptors (Lipinski definition) is 3. The molecule has 0 aliphatic carbocycles. The maximum Gasteiger partial charge on any atom is 0.310 e. The molecule has 0 aromatic carbocycles. The highest BCUT2D eigenvalue weighted by atomic mass is 31.2. The minimum atomic E-state index is -3.39. The van der Waals surface area contributed by atoms with Crippen LogP contribution in [0.3, 0.4) is 0 Å². The summed E-state index contributed by atoms with van der Waals surface area (Å²) in [6.45, 7) is 1.02. The maximum absolute atomic E-state index is 10.6. The second-order valence-corrected chi connectivity index (χ2v) is 4.74. The normalized spacial score (nSPS) is 15.5. The molecule has 0 saturated heterocycles. The van der Waals surface area contributed by atoms with Gasteiger partial charge < -0.3 is 10.00 Å². The van der Waals surface area contributed by atoms with Crippen LogP contribution < -0.4 is 0 Å². The van der Waals surface area contributed by atoms with Crippen LogP contribution in [0.2, 0.25) is 0 Å². The lowest BCUT2D eigenvalue weighted by Crippen LogP contribution is -2.10. The van der Waals surface area contributed by atoms with Gasteiger partial charge >= 0.3 is 5.97 Å². The number of aliphatic carboxylic acids is 1. The van der Waals surface area contributed by atoms with Gasteiger partial charge in [-0.2, -0.15) is 0 Å². The number of rotatable bonds is 4. The van der Waals surface area contributed by atoms with Crippen molar-refractivity contribution in [2.45, 2.75) is 6.42 Å². The number of carbonyl (C=O) groups is 2. The van der Waals surface area contributed by atoms with E-state index in [9.17, 15) is 14.2 Å². The number of Topliss-reactive ketones (excluding diaryl/α,β-unsaturated/α-hetero) is 1. The van der Waals surface area contributed by atoms with E-state index in [-0.39, 0.29) is 0 Å². The molecule has 6 heteroatoms. The molecule has 0 rings (SSSR count). The van der Waals surface area contributed by atoms with Crippen LogP contribution in [0.1, 0.15) is 6.42 Å². The summed E-state index contributed by atoms with van der Waals surface area (Å²) in [5.74, 6) is -1.99. The van der Waals surface area contributed by atoms with Crippen molar-refractivity contribution in [2.75, 3.05) is 12.8 Å². The fourth-order valence-electron chi connectivity index (χ4n) is 0.552. The fourth-order valence-corrected chi connectivity index (χ4v) is 1.32. The molecule has 0 radical (unpaired) electrons. The number of hydrogen-bond donors (Lipinski definition) is 2. The highest BCUT2D eigenvalue weighted by Gasteiger charge is 2.17. The Balaban J connectivity index is 3.90. The number of carbonyl (C=O) groups excluding carboxylic acids is 1. The lowest BCUT2D eigenvalue weighted by atomic mass is 10.3. The van der Waals surface area contributed by atoms with Crippen LogP contribution in [0.25, 0.3) is 0 Å². The molecule has 0 saturated carbocycles. The summed E-state index contributed by atoms with van der Waals surface area (Å²) in [6.07, 6.45) is -1.24. The zero-order valence-corrected chi connectivity index (χ0v) is 6.88. The van der Waals surface area contributed by atoms with Gasteiger partial charge in [-0.05, 0) is 0 Å². The molecule has 0 aromatic heterocycles. The Morgan fingerprint density at radius 3 is 2.18 bits per heavy atom. The molecule has 64 valence electrons. The first-order valence-electron chi connectivity index (χ1n) is 2.84. The maximum atomic E-state index is 10.6. The molecule has 1 atom stereocenters. The first-order chi connectivity index (χ1) is 4.81. The molecular weight excluding hydrogens is 171 g/mol. The quantitative estimate of drug-likeness (QED) is 0.466. The van der Waals surface area contributed by atoms with Gasteiger partial charge in [0.2, 0.25) is 7.37 Å². The zero-order chi connectivity index (χ0) is 9.07. The molecule has 11 heavy (non-hydrogen) atoms. The van der Waals surface area contributed by atoms with E-state index < -0.39 is 31.7 Å². The first kappa shape index (κ1) is 10.3. The molecule has 2 N–H and O–H groups in total. The van der Waals surface area contributed by atoms with Gasteiger partial charge in [0.25, 0.3) is 0 Å². The Kier molecular flexibility index (Phi) is 3.42. The molecule has 1 unspecified atom stereocenters. The van der Waals surface area contributed by atoms with Crippen LogP contribution in [0.5, 0.6) is 0 Å². The van der Waals surface area contributed by atoms with Crippen molar-refractivity contribution < 1.29 is 24.2 Å². The van der Waals surface area contributed by atoms with Crippen LogP contribution in [-0.2, 0) is 14.2 Å². The van der Waals surface area contributed by atoms with Crippen LogP contribution in [0, 0.1) is 0 Å². The van der Waals surface area contributed by atoms with Crippen molar-refractivity contribution in [2.24, 2.45) is 0 Å². The third-order valence-electron chi connectivity index (χ3n) is 0.818. The standard InChI is InChI=1S/C5H9O5P/c1-11(9,10)3-4(6)2-5(7)8/h2-3H2,1H3,(H,7,8)(H,9,10). The van der Waals surface area contributed by atoms with Gasteiger partial charge in [-0.1, -0.05) is 0 Å². The van der Waals surface area contributed by atoms with Gasteiger partial charge in [-0.25, -0.2) is 0 Å². The zero-order valence-electron chi connectivity index (χ0n) is 5.98. The van der Waals surface area contributed by atoms with Crippen LogP contribution >= 0.6 is 7.37 Å². The van der Waals surface area contributed by atoms with E-state index in [1.165, 1.54) is 0 Å². The minimum absolute atomic E-state index is 0.556. The van der Waals surface area contributed by atoms with Crippen LogP contribution in [-0.4, -0.2) is 34.6 Å². The number of carboxylic acid groups (broad SMARTS) is 1. The smallest absolute Gasteiger partial charge is 0.310 e. The van der Waals surface area contributed by atoms with Crippen molar-refractivity contribution in [3.63, 3.8) is 0 Å². The Labute approximate surface area is 63.5 Å². The van der Waals surface area contributed by atoms with E-state index in [1.807, 2.05) is 0 Å². The monoisotopic (exact) mass is 180 g/mol. The summed E-state index contributed by atoms with van der Waals surface area (Å²) in [5.41, 5.74) is 0. The van der Waals surface area contributed by atoms with Crippen molar-refractivity contribution in [3.8, 4) is 0 Å². The molecule has 0 aliphatic rings. The van der Waals surface area contributed by atoms with Gasteiger partial charge in [0.1, 0.15) is 6.42 Å². The van der Waals surface area contributed by atoms with E-state index >= 15 is 0 Å². The summed E-state index contributed by atoms with van der Waals surface area (Å²) in [7, 11) is -3.39. The molecule has 0 aromatic rings. The van der Waals surface area contributed by atoms with Crippen LogP contribution in [0.15, 0.2) is 0 Å². The number of carboxylic acids is 1. The van der Waals surface area contributed by atoms with Gasteiger partial charge in [0.05, 0.1) is 6.16 Å². The van der Waals surface area contributed by atoms with E-state index in [4.69, 9.17) is 10.00 Å². The summed E-state index contributed by atoms with van der Waals surface area (Å²) >= 11 is 0. The molecule has 0 aliphatic heterocycles. The topological polar surface area (TPSA) is 91.7 Å². The SMILES string of the molecule is CP(=O)(O)CC(=O)CC(=O)O. The third kappa shape index (κ3) is 7.22. The molecule has 0 heterocycles. The van der Waals surface area contributed by atoms with Gasteiger partial charge in [-0.3, -0.25) is 14.2 Å². The lowest BCUT2D eigenvalue weighted by Gasteiger charge is -2.00. The largest absolute Gasteiger partial charge is 0.481 e. The molecule has 5 nitrogen and oxygen atoms in total. The van der Waals surface area contributed by atoms with Gasteiger partial charge in [0.15, 0.2) is 5.78 Å². The predicted molar refractivity (Wildman–Crippen MR) is 37.9 cm³/mol. The van der Waals surface area contributed by atoms with Crippen molar-refractivity contribution in [3.05, 3.63) is 0 Å². The molecule has 0 fully saturated rings. The predicted octanol–water partition coefficient (Wildman–Crippen LogP) is -0.0696. The van der Waals surface area contributed by atoms with Gasteiger partial charge in [-0.15, -0.1) is 0 Å². The summed E-state index contributed by atoms with van der Waals surface area (Å²) < 4.78 is 10.5. The Bertz CT molecular complexity index is 215. The Hall–Kier alpha value is -0.670. The van der Waals surface area contributed by atoms with E-state index in [0.717, 1.165) is 6.66 Å². The molecular formula is C5H9O5P. The Morgan fingerprint density at radius 1 is 1.45 bits per heavy atom. The summed E-state index contributed by atoms with van der Waals surface area (Å²) in [5, 5.41) is 8.09. The van der Waals surface area contributed by atoms with E-state index in [0.29, 0.717) is 0 Å².